The third kappa shape index (κ3) is 3.49. The lowest BCUT2D eigenvalue weighted by Crippen LogP contribution is -2.29. The second kappa shape index (κ2) is 8.09. The van der Waals surface area contributed by atoms with Gasteiger partial charge in [0, 0.05) is 11.6 Å². The molecule has 0 spiro atoms. The van der Waals surface area contributed by atoms with Gasteiger partial charge >= 0.3 is 0 Å². The van der Waals surface area contributed by atoms with Crippen molar-refractivity contribution in [1.29, 1.82) is 0 Å². The first-order valence-electron chi connectivity index (χ1n) is 10.7. The van der Waals surface area contributed by atoms with Gasteiger partial charge in [-0.2, -0.15) is 0 Å². The van der Waals surface area contributed by atoms with Crippen molar-refractivity contribution in [3.63, 3.8) is 0 Å². The number of fused-ring (bicyclic) bond motifs is 2. The number of amides is 1. The van der Waals surface area contributed by atoms with Crippen LogP contribution in [0, 0.1) is 13.8 Å². The van der Waals surface area contributed by atoms with Gasteiger partial charge in [-0.15, -0.1) is 0 Å². The van der Waals surface area contributed by atoms with E-state index in [-0.39, 0.29) is 23.6 Å². The Hall–Kier alpha value is -3.57. The molecule has 5 nitrogen and oxygen atoms in total. The van der Waals surface area contributed by atoms with Gasteiger partial charge in [0.15, 0.2) is 5.43 Å². The molecule has 3 aromatic carbocycles. The van der Waals surface area contributed by atoms with Gasteiger partial charge in [0.2, 0.25) is 5.76 Å². The SMILES string of the molecule is COc1ccc(C2c3c(oc4cc(C)cc(C)c4c3=O)C(=O)N2Cc2ccccc2Cl)cc1. The third-order valence-corrected chi connectivity index (χ3v) is 6.51. The zero-order valence-electron chi connectivity index (χ0n) is 18.5. The van der Waals surface area contributed by atoms with Crippen molar-refractivity contribution in [1.82, 2.24) is 4.90 Å². The van der Waals surface area contributed by atoms with E-state index in [1.54, 1.807) is 24.1 Å². The van der Waals surface area contributed by atoms with Crippen LogP contribution < -0.4 is 10.2 Å². The first kappa shape index (κ1) is 21.3. The quantitative estimate of drug-likeness (QED) is 0.386. The van der Waals surface area contributed by atoms with Gasteiger partial charge in [-0.1, -0.05) is 48.0 Å². The summed E-state index contributed by atoms with van der Waals surface area (Å²) in [4.78, 5) is 29.0. The van der Waals surface area contributed by atoms with Crippen molar-refractivity contribution in [2.45, 2.75) is 26.4 Å². The topological polar surface area (TPSA) is 59.8 Å². The number of ether oxygens (including phenoxy) is 1. The summed E-state index contributed by atoms with van der Waals surface area (Å²) in [6.45, 7) is 4.07. The molecule has 6 heteroatoms. The Morgan fingerprint density at radius 3 is 2.45 bits per heavy atom. The molecule has 33 heavy (non-hydrogen) atoms. The van der Waals surface area contributed by atoms with Crippen LogP contribution in [0.15, 0.2) is 69.9 Å². The maximum absolute atomic E-state index is 13.8. The van der Waals surface area contributed by atoms with Crippen molar-refractivity contribution >= 4 is 28.5 Å². The lowest BCUT2D eigenvalue weighted by Gasteiger charge is -2.25. The van der Waals surface area contributed by atoms with E-state index >= 15 is 0 Å². The monoisotopic (exact) mass is 459 g/mol. The van der Waals surface area contributed by atoms with E-state index in [0.717, 1.165) is 22.3 Å². The van der Waals surface area contributed by atoms with E-state index in [1.807, 2.05) is 62.4 Å². The van der Waals surface area contributed by atoms with Crippen LogP contribution in [0.4, 0.5) is 0 Å². The summed E-state index contributed by atoms with van der Waals surface area (Å²) in [7, 11) is 1.60. The van der Waals surface area contributed by atoms with E-state index < -0.39 is 6.04 Å². The number of carbonyl (C=O) groups excluding carboxylic acids is 1. The highest BCUT2D eigenvalue weighted by Crippen LogP contribution is 2.40. The smallest absolute Gasteiger partial charge is 0.291 e. The van der Waals surface area contributed by atoms with Gasteiger partial charge in [-0.3, -0.25) is 9.59 Å². The average Bonchev–Trinajstić information content (AvgIpc) is 3.07. The predicted octanol–water partition coefficient (Wildman–Crippen LogP) is 5.82. The third-order valence-electron chi connectivity index (χ3n) is 6.14. The van der Waals surface area contributed by atoms with Crippen LogP contribution in [-0.4, -0.2) is 17.9 Å². The minimum atomic E-state index is -0.601. The van der Waals surface area contributed by atoms with Crippen LogP contribution in [0.2, 0.25) is 5.02 Å². The Morgan fingerprint density at radius 2 is 1.76 bits per heavy atom. The Labute approximate surface area is 196 Å². The summed E-state index contributed by atoms with van der Waals surface area (Å²) in [5.74, 6) is 0.451. The number of halogens is 1. The van der Waals surface area contributed by atoms with E-state index in [1.165, 1.54) is 0 Å². The molecular formula is C27H22ClNO4. The molecule has 1 aromatic heterocycles. The molecule has 1 unspecified atom stereocenters. The average molecular weight is 460 g/mol. The number of nitrogens with zero attached hydrogens (tertiary/aromatic N) is 1. The summed E-state index contributed by atoms with van der Waals surface area (Å²) >= 11 is 6.41. The first-order chi connectivity index (χ1) is 15.9. The maximum atomic E-state index is 13.8. The first-order valence-corrected chi connectivity index (χ1v) is 11.0. The number of carbonyl (C=O) groups is 1. The number of rotatable bonds is 4. The molecule has 0 N–H and O–H groups in total. The molecule has 0 bridgehead atoms. The van der Waals surface area contributed by atoms with Crippen LogP contribution in [0.3, 0.4) is 0 Å². The molecule has 1 aliphatic rings. The number of hydrogen-bond donors (Lipinski definition) is 0. The highest BCUT2D eigenvalue weighted by Gasteiger charge is 2.43. The van der Waals surface area contributed by atoms with Crippen LogP contribution in [-0.2, 0) is 6.54 Å². The van der Waals surface area contributed by atoms with Gasteiger partial charge in [-0.05, 0) is 60.4 Å². The standard InChI is InChI=1S/C27H22ClNO4/c1-15-12-16(2)22-21(13-15)33-26-23(25(22)30)24(17-8-10-19(32-3)11-9-17)29(27(26)31)14-18-6-4-5-7-20(18)28/h4-13,24H,14H2,1-3H3. The summed E-state index contributed by atoms with van der Waals surface area (Å²) in [6, 6.07) is 17.9. The van der Waals surface area contributed by atoms with Gasteiger partial charge < -0.3 is 14.1 Å². The predicted molar refractivity (Wildman–Crippen MR) is 128 cm³/mol. The Kier molecular flexibility index (Phi) is 5.22. The van der Waals surface area contributed by atoms with Crippen molar-refractivity contribution in [3.05, 3.63) is 109 Å². The molecule has 0 fully saturated rings. The number of hydrogen-bond acceptors (Lipinski definition) is 4. The van der Waals surface area contributed by atoms with Crippen molar-refractivity contribution in [2.75, 3.05) is 7.11 Å². The summed E-state index contributed by atoms with van der Waals surface area (Å²) < 4.78 is 11.4. The van der Waals surface area contributed by atoms with Crippen molar-refractivity contribution in [2.24, 2.45) is 0 Å². The molecule has 0 saturated heterocycles. The Morgan fingerprint density at radius 1 is 1.03 bits per heavy atom. The lowest BCUT2D eigenvalue weighted by atomic mass is 9.96. The highest BCUT2D eigenvalue weighted by molar-refractivity contribution is 6.31. The number of aryl methyl sites for hydroxylation is 2. The fourth-order valence-corrected chi connectivity index (χ4v) is 4.82. The van der Waals surface area contributed by atoms with E-state index in [9.17, 15) is 9.59 Å². The fraction of sp³-hybridized carbons (Fsp3) is 0.185. The van der Waals surface area contributed by atoms with Gasteiger partial charge in [0.1, 0.15) is 11.3 Å². The van der Waals surface area contributed by atoms with Crippen LogP contribution in [0.5, 0.6) is 5.75 Å². The van der Waals surface area contributed by atoms with Gasteiger partial charge in [0.05, 0.1) is 24.1 Å². The molecule has 166 valence electrons. The largest absolute Gasteiger partial charge is 0.497 e. The molecule has 1 amide bonds. The summed E-state index contributed by atoms with van der Waals surface area (Å²) in [5.41, 5.74) is 3.99. The fourth-order valence-electron chi connectivity index (χ4n) is 4.62. The molecule has 0 saturated carbocycles. The van der Waals surface area contributed by atoms with Gasteiger partial charge in [-0.25, -0.2) is 0 Å². The molecule has 0 radical (unpaired) electrons. The van der Waals surface area contributed by atoms with E-state index in [4.69, 9.17) is 20.8 Å². The highest BCUT2D eigenvalue weighted by atomic mass is 35.5. The molecule has 1 atom stereocenters. The zero-order chi connectivity index (χ0) is 23.3. The minimum absolute atomic E-state index is 0.0883. The van der Waals surface area contributed by atoms with E-state index in [0.29, 0.717) is 27.3 Å². The molecule has 1 aliphatic heterocycles. The van der Waals surface area contributed by atoms with Crippen LogP contribution >= 0.6 is 11.6 Å². The Balaban J connectivity index is 1.75. The normalized spacial score (nSPS) is 15.2. The van der Waals surface area contributed by atoms with E-state index in [2.05, 4.69) is 0 Å². The zero-order valence-corrected chi connectivity index (χ0v) is 19.3. The Bertz CT molecular complexity index is 1460. The van der Waals surface area contributed by atoms with Crippen LogP contribution in [0.1, 0.15) is 44.4 Å². The second-order valence-electron chi connectivity index (χ2n) is 8.33. The number of benzene rings is 3. The van der Waals surface area contributed by atoms with Crippen molar-refractivity contribution in [3.8, 4) is 5.75 Å². The molecule has 5 rings (SSSR count). The van der Waals surface area contributed by atoms with Crippen molar-refractivity contribution < 1.29 is 13.9 Å². The molecule has 4 aromatic rings. The molecular weight excluding hydrogens is 438 g/mol. The minimum Gasteiger partial charge on any atom is -0.497 e. The summed E-state index contributed by atoms with van der Waals surface area (Å²) in [6.07, 6.45) is 0. The molecule has 0 aliphatic carbocycles. The summed E-state index contributed by atoms with van der Waals surface area (Å²) in [5, 5.41) is 1.07. The maximum Gasteiger partial charge on any atom is 0.291 e. The lowest BCUT2D eigenvalue weighted by molar-refractivity contribution is 0.0714. The molecule has 2 heterocycles. The second-order valence-corrected chi connectivity index (χ2v) is 8.74. The number of methoxy groups -OCH3 is 1. The van der Waals surface area contributed by atoms with Gasteiger partial charge in [0.25, 0.3) is 5.91 Å². The van der Waals surface area contributed by atoms with Crippen LogP contribution in [0.25, 0.3) is 11.0 Å².